The minimum atomic E-state index is 0.666. The minimum absolute atomic E-state index is 0.666. The molecule has 0 aromatic carbocycles. The van der Waals surface area contributed by atoms with Crippen LogP contribution >= 0.6 is 0 Å². The number of anilines is 2. The van der Waals surface area contributed by atoms with Crippen molar-refractivity contribution in [1.29, 1.82) is 0 Å². The topological polar surface area (TPSA) is 63.8 Å². The van der Waals surface area contributed by atoms with Crippen molar-refractivity contribution in [2.75, 3.05) is 17.6 Å². The molecule has 3 N–H and O–H groups in total. The molecule has 17 heavy (non-hydrogen) atoms. The van der Waals surface area contributed by atoms with Gasteiger partial charge in [-0.15, -0.1) is 0 Å². The second-order valence-electron chi connectivity index (χ2n) is 3.83. The normalized spacial score (nSPS) is 10.2. The van der Waals surface area contributed by atoms with E-state index in [0.29, 0.717) is 5.69 Å². The molecule has 0 radical (unpaired) electrons. The summed E-state index contributed by atoms with van der Waals surface area (Å²) in [6.07, 6.45) is 6.41. The molecule has 0 unspecified atom stereocenters. The average molecular weight is 228 g/mol. The molecule has 2 aromatic rings. The van der Waals surface area contributed by atoms with Crippen LogP contribution in [0.25, 0.3) is 11.1 Å². The van der Waals surface area contributed by atoms with E-state index >= 15 is 0 Å². The third kappa shape index (κ3) is 2.72. The van der Waals surface area contributed by atoms with Gasteiger partial charge in [0.25, 0.3) is 0 Å². The Morgan fingerprint density at radius 1 is 1.29 bits per heavy atom. The summed E-state index contributed by atoms with van der Waals surface area (Å²) < 4.78 is 0. The maximum atomic E-state index is 5.95. The number of rotatable bonds is 4. The Labute approximate surface area is 101 Å². The number of hydrogen-bond donors (Lipinski definition) is 2. The fraction of sp³-hybridized carbons (Fsp3) is 0.231. The third-order valence-corrected chi connectivity index (χ3v) is 2.45. The van der Waals surface area contributed by atoms with Crippen LogP contribution < -0.4 is 11.1 Å². The highest BCUT2D eigenvalue weighted by molar-refractivity contribution is 5.71. The molecule has 0 saturated heterocycles. The number of pyridine rings is 2. The van der Waals surface area contributed by atoms with Crippen LogP contribution in [0, 0.1) is 0 Å². The monoisotopic (exact) mass is 228 g/mol. The summed E-state index contributed by atoms with van der Waals surface area (Å²) in [6, 6.07) is 5.80. The third-order valence-electron chi connectivity index (χ3n) is 2.45. The highest BCUT2D eigenvalue weighted by Gasteiger charge is 2.03. The minimum Gasteiger partial charge on any atom is -0.396 e. The molecule has 0 spiro atoms. The first-order valence-corrected chi connectivity index (χ1v) is 5.71. The quantitative estimate of drug-likeness (QED) is 0.844. The Bertz CT molecular complexity index is 482. The van der Waals surface area contributed by atoms with Crippen LogP contribution in [0.2, 0.25) is 0 Å². The van der Waals surface area contributed by atoms with Crippen LogP contribution in [-0.2, 0) is 0 Å². The van der Waals surface area contributed by atoms with Gasteiger partial charge in [-0.2, -0.15) is 0 Å². The van der Waals surface area contributed by atoms with Crippen molar-refractivity contribution in [2.45, 2.75) is 13.3 Å². The van der Waals surface area contributed by atoms with E-state index in [1.54, 1.807) is 12.4 Å². The molecule has 88 valence electrons. The van der Waals surface area contributed by atoms with Gasteiger partial charge >= 0.3 is 0 Å². The van der Waals surface area contributed by atoms with Crippen molar-refractivity contribution in [2.24, 2.45) is 0 Å². The lowest BCUT2D eigenvalue weighted by Crippen LogP contribution is -2.05. The van der Waals surface area contributed by atoms with Crippen LogP contribution in [0.5, 0.6) is 0 Å². The van der Waals surface area contributed by atoms with Crippen molar-refractivity contribution < 1.29 is 0 Å². The zero-order chi connectivity index (χ0) is 12.1. The Balaban J connectivity index is 2.25. The highest BCUT2D eigenvalue weighted by atomic mass is 15.0. The van der Waals surface area contributed by atoms with Gasteiger partial charge in [-0.1, -0.05) is 13.0 Å². The SMILES string of the molecule is CCCNc1ncc(-c2cccnc2)cc1N. The van der Waals surface area contributed by atoms with E-state index in [0.717, 1.165) is 29.9 Å². The molecule has 0 amide bonds. The standard InChI is InChI=1S/C13H16N4/c1-2-5-16-13-12(14)7-11(9-17-13)10-4-3-6-15-8-10/h3-4,6-9H,2,5,14H2,1H3,(H,16,17). The van der Waals surface area contributed by atoms with Crippen LogP contribution in [0.3, 0.4) is 0 Å². The molecule has 0 fully saturated rings. The van der Waals surface area contributed by atoms with Gasteiger partial charge in [-0.05, 0) is 18.6 Å². The Morgan fingerprint density at radius 2 is 2.18 bits per heavy atom. The lowest BCUT2D eigenvalue weighted by molar-refractivity contribution is 0.970. The van der Waals surface area contributed by atoms with Crippen molar-refractivity contribution in [3.8, 4) is 11.1 Å². The summed E-state index contributed by atoms with van der Waals surface area (Å²) in [6.45, 7) is 2.98. The van der Waals surface area contributed by atoms with Crippen molar-refractivity contribution in [1.82, 2.24) is 9.97 Å². The van der Waals surface area contributed by atoms with Crippen LogP contribution in [0.4, 0.5) is 11.5 Å². The molecule has 0 atom stereocenters. The summed E-state index contributed by atoms with van der Waals surface area (Å²) >= 11 is 0. The second kappa shape index (κ2) is 5.30. The van der Waals surface area contributed by atoms with Gasteiger partial charge in [-0.3, -0.25) is 4.98 Å². The first-order valence-electron chi connectivity index (χ1n) is 5.71. The van der Waals surface area contributed by atoms with Gasteiger partial charge in [0, 0.05) is 36.3 Å². The largest absolute Gasteiger partial charge is 0.396 e. The van der Waals surface area contributed by atoms with Crippen molar-refractivity contribution in [3.05, 3.63) is 36.8 Å². The van der Waals surface area contributed by atoms with E-state index in [1.165, 1.54) is 0 Å². The summed E-state index contributed by atoms with van der Waals surface area (Å²) in [4.78, 5) is 8.41. The molecule has 2 aromatic heterocycles. The Morgan fingerprint density at radius 3 is 2.82 bits per heavy atom. The van der Waals surface area contributed by atoms with Gasteiger partial charge in [0.1, 0.15) is 5.82 Å². The fourth-order valence-corrected chi connectivity index (χ4v) is 1.56. The molecule has 2 heterocycles. The molecule has 0 aliphatic rings. The van der Waals surface area contributed by atoms with Gasteiger partial charge in [0.15, 0.2) is 0 Å². The maximum Gasteiger partial charge on any atom is 0.149 e. The molecular formula is C13H16N4. The second-order valence-corrected chi connectivity index (χ2v) is 3.83. The Kier molecular flexibility index (Phi) is 3.55. The summed E-state index contributed by atoms with van der Waals surface area (Å²) in [5, 5.41) is 3.19. The van der Waals surface area contributed by atoms with Gasteiger partial charge in [-0.25, -0.2) is 4.98 Å². The molecular weight excluding hydrogens is 212 g/mol. The lowest BCUT2D eigenvalue weighted by Gasteiger charge is -2.08. The first-order chi connectivity index (χ1) is 8.31. The molecule has 2 rings (SSSR count). The van der Waals surface area contributed by atoms with Crippen molar-refractivity contribution in [3.63, 3.8) is 0 Å². The van der Waals surface area contributed by atoms with E-state index in [1.807, 2.05) is 24.4 Å². The average Bonchev–Trinajstić information content (AvgIpc) is 2.38. The predicted octanol–water partition coefficient (Wildman–Crippen LogP) is 2.55. The summed E-state index contributed by atoms with van der Waals surface area (Å²) in [5.74, 6) is 0.750. The molecule has 4 nitrogen and oxygen atoms in total. The molecule has 0 aliphatic carbocycles. The van der Waals surface area contributed by atoms with Crippen LogP contribution in [0.1, 0.15) is 13.3 Å². The number of hydrogen-bond acceptors (Lipinski definition) is 4. The highest BCUT2D eigenvalue weighted by Crippen LogP contribution is 2.23. The number of nitrogens with two attached hydrogens (primary N) is 1. The van der Waals surface area contributed by atoms with E-state index < -0.39 is 0 Å². The number of nitrogens with one attached hydrogen (secondary N) is 1. The zero-order valence-electron chi connectivity index (χ0n) is 9.85. The molecule has 4 heteroatoms. The van der Waals surface area contributed by atoms with Crippen LogP contribution in [-0.4, -0.2) is 16.5 Å². The zero-order valence-corrected chi connectivity index (χ0v) is 9.85. The van der Waals surface area contributed by atoms with Gasteiger partial charge in [0.05, 0.1) is 5.69 Å². The van der Waals surface area contributed by atoms with E-state index in [-0.39, 0.29) is 0 Å². The van der Waals surface area contributed by atoms with E-state index in [4.69, 9.17) is 5.73 Å². The number of nitrogens with zero attached hydrogens (tertiary/aromatic N) is 2. The van der Waals surface area contributed by atoms with Gasteiger partial charge < -0.3 is 11.1 Å². The molecule has 0 aliphatic heterocycles. The van der Waals surface area contributed by atoms with E-state index in [2.05, 4.69) is 22.2 Å². The number of aromatic nitrogens is 2. The van der Waals surface area contributed by atoms with Crippen LogP contribution in [0.15, 0.2) is 36.8 Å². The first kappa shape index (κ1) is 11.4. The predicted molar refractivity (Wildman–Crippen MR) is 70.7 cm³/mol. The smallest absolute Gasteiger partial charge is 0.149 e. The molecule has 0 saturated carbocycles. The van der Waals surface area contributed by atoms with E-state index in [9.17, 15) is 0 Å². The van der Waals surface area contributed by atoms with Gasteiger partial charge in [0.2, 0.25) is 0 Å². The fourth-order valence-electron chi connectivity index (χ4n) is 1.56. The maximum absolute atomic E-state index is 5.95. The summed E-state index contributed by atoms with van der Waals surface area (Å²) in [7, 11) is 0. The molecule has 0 bridgehead atoms. The number of nitrogen functional groups attached to an aromatic ring is 1. The van der Waals surface area contributed by atoms with Crippen molar-refractivity contribution >= 4 is 11.5 Å². The summed E-state index contributed by atoms with van der Waals surface area (Å²) in [5.41, 5.74) is 8.63. The lowest BCUT2D eigenvalue weighted by atomic mass is 10.1. The Hall–Kier alpha value is -2.10.